The average molecular weight is 438 g/mol. The Labute approximate surface area is 177 Å². The molecule has 2 heterocycles. The number of pyridine rings is 1. The highest BCUT2D eigenvalue weighted by atomic mass is 35.5. The monoisotopic (exact) mass is 436 g/mol. The van der Waals surface area contributed by atoms with Gasteiger partial charge in [-0.05, 0) is 55.2 Å². The van der Waals surface area contributed by atoms with Crippen molar-refractivity contribution in [2.24, 2.45) is 0 Å². The molecule has 4 rings (SSSR count). The van der Waals surface area contributed by atoms with E-state index in [4.69, 9.17) is 34.8 Å². The van der Waals surface area contributed by atoms with Crippen LogP contribution < -0.4 is 5.32 Å². The predicted octanol–water partition coefficient (Wildman–Crippen LogP) is 5.30. The predicted molar refractivity (Wildman–Crippen MR) is 112 cm³/mol. The normalized spacial score (nSPS) is 19.7. The average Bonchev–Trinajstić information content (AvgIpc) is 3.04. The lowest BCUT2D eigenvalue weighted by atomic mass is 9.85. The molecular weight excluding hydrogens is 419 g/mol. The number of fused-ring (bicyclic) bond motifs is 1. The Balaban J connectivity index is 1.40. The molecule has 0 radical (unpaired) electrons. The largest absolute Gasteiger partial charge is 0.353 e. The van der Waals surface area contributed by atoms with Crippen LogP contribution in [-0.2, 0) is 11.2 Å². The topological polar surface area (TPSA) is 70.7 Å². The van der Waals surface area contributed by atoms with Crippen molar-refractivity contribution >= 4 is 51.9 Å². The van der Waals surface area contributed by atoms with E-state index >= 15 is 0 Å². The van der Waals surface area contributed by atoms with Crippen molar-refractivity contribution in [3.8, 4) is 0 Å². The molecule has 1 aliphatic rings. The molecule has 0 saturated heterocycles. The number of amides is 1. The van der Waals surface area contributed by atoms with E-state index < -0.39 is 0 Å². The van der Waals surface area contributed by atoms with Gasteiger partial charge in [-0.2, -0.15) is 0 Å². The van der Waals surface area contributed by atoms with Gasteiger partial charge in [0.15, 0.2) is 5.65 Å². The molecule has 8 heteroatoms. The first-order valence-corrected chi connectivity index (χ1v) is 10.4. The summed E-state index contributed by atoms with van der Waals surface area (Å²) < 4.78 is 0. The van der Waals surface area contributed by atoms with Crippen molar-refractivity contribution in [2.75, 3.05) is 0 Å². The maximum Gasteiger partial charge on any atom is 0.224 e. The second-order valence-electron chi connectivity index (χ2n) is 7.21. The molecule has 2 aromatic heterocycles. The summed E-state index contributed by atoms with van der Waals surface area (Å²) in [5.74, 6) is 1.14. The van der Waals surface area contributed by atoms with Crippen molar-refractivity contribution in [1.29, 1.82) is 0 Å². The Hall–Kier alpha value is -1.82. The molecule has 3 aromatic rings. The Bertz CT molecular complexity index is 1000. The van der Waals surface area contributed by atoms with Gasteiger partial charge >= 0.3 is 0 Å². The van der Waals surface area contributed by atoms with Gasteiger partial charge in [-0.1, -0.05) is 41.2 Å². The number of rotatable bonds is 4. The summed E-state index contributed by atoms with van der Waals surface area (Å²) in [6, 6.07) is 8.95. The summed E-state index contributed by atoms with van der Waals surface area (Å²) >= 11 is 18.0. The minimum absolute atomic E-state index is 0.0259. The number of H-pyrrole nitrogens is 1. The van der Waals surface area contributed by atoms with Gasteiger partial charge in [-0.15, -0.1) is 0 Å². The van der Waals surface area contributed by atoms with Crippen LogP contribution >= 0.6 is 34.8 Å². The number of carbonyl (C=O) groups excluding carboxylic acids is 1. The SMILES string of the molecule is O=C(Cc1cc(Cl)cc(Cl)c1)NC1CCCC(c2nc3nc(Cl)ccc3[nH]2)C1. The maximum atomic E-state index is 12.5. The van der Waals surface area contributed by atoms with Crippen LogP contribution in [0.2, 0.25) is 15.2 Å². The lowest BCUT2D eigenvalue weighted by molar-refractivity contribution is -0.121. The first kappa shape index (κ1) is 19.5. The molecule has 2 atom stereocenters. The highest BCUT2D eigenvalue weighted by molar-refractivity contribution is 6.34. The van der Waals surface area contributed by atoms with Crippen molar-refractivity contribution in [3.05, 3.63) is 56.9 Å². The molecule has 1 aliphatic carbocycles. The second kappa shape index (κ2) is 8.27. The third kappa shape index (κ3) is 4.59. The zero-order chi connectivity index (χ0) is 19.7. The highest BCUT2D eigenvalue weighted by Crippen LogP contribution is 2.32. The van der Waals surface area contributed by atoms with E-state index in [0.717, 1.165) is 42.6 Å². The number of aromatic amines is 1. The minimum Gasteiger partial charge on any atom is -0.353 e. The van der Waals surface area contributed by atoms with E-state index in [1.54, 1.807) is 24.3 Å². The van der Waals surface area contributed by atoms with Gasteiger partial charge in [-0.25, -0.2) is 9.97 Å². The van der Waals surface area contributed by atoms with Gasteiger partial charge < -0.3 is 10.3 Å². The van der Waals surface area contributed by atoms with Gasteiger partial charge in [0.25, 0.3) is 0 Å². The standard InChI is InChI=1S/C20H19Cl3N4O/c21-13-6-11(7-14(22)10-13)8-18(28)24-15-3-1-2-12(9-15)19-25-16-4-5-17(23)26-20(16)27-19/h4-7,10,12,15H,1-3,8-9H2,(H,24,28)(H,25,26,27). The van der Waals surface area contributed by atoms with Gasteiger partial charge in [0, 0.05) is 22.0 Å². The number of carbonyl (C=O) groups is 1. The van der Waals surface area contributed by atoms with E-state index in [9.17, 15) is 4.79 Å². The lowest BCUT2D eigenvalue weighted by Gasteiger charge is -2.28. The van der Waals surface area contributed by atoms with E-state index in [1.165, 1.54) is 0 Å². The van der Waals surface area contributed by atoms with Gasteiger partial charge in [0.2, 0.25) is 5.91 Å². The van der Waals surface area contributed by atoms with Crippen molar-refractivity contribution in [2.45, 2.75) is 44.1 Å². The molecule has 0 spiro atoms. The molecule has 146 valence electrons. The number of nitrogens with one attached hydrogen (secondary N) is 2. The molecule has 1 fully saturated rings. The first-order chi connectivity index (χ1) is 13.5. The molecule has 0 aliphatic heterocycles. The number of nitrogens with zero attached hydrogens (tertiary/aromatic N) is 2. The number of aromatic nitrogens is 3. The maximum absolute atomic E-state index is 12.5. The zero-order valence-corrected chi connectivity index (χ0v) is 17.3. The number of hydrogen-bond acceptors (Lipinski definition) is 3. The van der Waals surface area contributed by atoms with Crippen LogP contribution in [0.3, 0.4) is 0 Å². The van der Waals surface area contributed by atoms with Crippen molar-refractivity contribution in [1.82, 2.24) is 20.3 Å². The second-order valence-corrected chi connectivity index (χ2v) is 8.47. The van der Waals surface area contributed by atoms with Crippen LogP contribution in [0, 0.1) is 0 Å². The van der Waals surface area contributed by atoms with Gasteiger partial charge in [-0.3, -0.25) is 4.79 Å². The van der Waals surface area contributed by atoms with Crippen molar-refractivity contribution < 1.29 is 4.79 Å². The molecule has 1 saturated carbocycles. The van der Waals surface area contributed by atoms with Crippen LogP contribution in [-0.4, -0.2) is 26.9 Å². The van der Waals surface area contributed by atoms with Gasteiger partial charge in [0.1, 0.15) is 11.0 Å². The molecule has 2 N–H and O–H groups in total. The van der Waals surface area contributed by atoms with Crippen molar-refractivity contribution in [3.63, 3.8) is 0 Å². The smallest absolute Gasteiger partial charge is 0.224 e. The fourth-order valence-electron chi connectivity index (χ4n) is 3.83. The van der Waals surface area contributed by atoms with Crippen LogP contribution in [0.5, 0.6) is 0 Å². The van der Waals surface area contributed by atoms with Crippen LogP contribution in [0.1, 0.15) is 43.0 Å². The Morgan fingerprint density at radius 2 is 1.89 bits per heavy atom. The molecule has 1 aromatic carbocycles. The van der Waals surface area contributed by atoms with E-state index in [0.29, 0.717) is 20.8 Å². The third-order valence-electron chi connectivity index (χ3n) is 5.04. The van der Waals surface area contributed by atoms with E-state index in [1.807, 2.05) is 6.07 Å². The van der Waals surface area contributed by atoms with Gasteiger partial charge in [0.05, 0.1) is 11.9 Å². The minimum atomic E-state index is -0.0259. The quantitative estimate of drug-likeness (QED) is 0.544. The summed E-state index contributed by atoms with van der Waals surface area (Å²) in [6.45, 7) is 0. The summed E-state index contributed by atoms with van der Waals surface area (Å²) in [5.41, 5.74) is 2.32. The lowest BCUT2D eigenvalue weighted by Crippen LogP contribution is -2.38. The summed E-state index contributed by atoms with van der Waals surface area (Å²) in [6.07, 6.45) is 4.13. The first-order valence-electron chi connectivity index (χ1n) is 9.23. The fourth-order valence-corrected chi connectivity index (χ4v) is 4.54. The molecular formula is C20H19Cl3N4O. The number of benzene rings is 1. The van der Waals surface area contributed by atoms with E-state index in [-0.39, 0.29) is 24.3 Å². The number of hydrogen-bond donors (Lipinski definition) is 2. The van der Waals surface area contributed by atoms with Crippen LogP contribution in [0.25, 0.3) is 11.2 Å². The highest BCUT2D eigenvalue weighted by Gasteiger charge is 2.26. The Kier molecular flexibility index (Phi) is 5.76. The van der Waals surface area contributed by atoms with E-state index in [2.05, 4.69) is 20.3 Å². The molecule has 5 nitrogen and oxygen atoms in total. The number of halogens is 3. The Morgan fingerprint density at radius 1 is 1.11 bits per heavy atom. The molecule has 28 heavy (non-hydrogen) atoms. The van der Waals surface area contributed by atoms with Crippen LogP contribution in [0.15, 0.2) is 30.3 Å². The number of imidazole rings is 1. The Morgan fingerprint density at radius 3 is 2.68 bits per heavy atom. The third-order valence-corrected chi connectivity index (χ3v) is 5.69. The summed E-state index contributed by atoms with van der Waals surface area (Å²) in [5, 5.41) is 4.64. The fraction of sp³-hybridized carbons (Fsp3) is 0.350. The summed E-state index contributed by atoms with van der Waals surface area (Å²) in [7, 11) is 0. The summed E-state index contributed by atoms with van der Waals surface area (Å²) in [4.78, 5) is 24.7. The molecule has 1 amide bonds. The van der Waals surface area contributed by atoms with Crippen LogP contribution in [0.4, 0.5) is 0 Å². The zero-order valence-electron chi connectivity index (χ0n) is 15.0. The molecule has 0 bridgehead atoms. The molecule has 2 unspecified atom stereocenters.